The quantitative estimate of drug-likeness (QED) is 0.431. The van der Waals surface area contributed by atoms with Crippen LogP contribution in [0.25, 0.3) is 0 Å². The minimum atomic E-state index is -3.61. The molecule has 0 aliphatic carbocycles. The molecule has 0 aliphatic rings. The fraction of sp³-hybridized carbons (Fsp3) is 0.500. The number of methoxy groups -OCH3 is 1. The molecule has 0 saturated heterocycles. The van der Waals surface area contributed by atoms with E-state index in [4.69, 9.17) is 18.3 Å². The molecule has 1 atom stereocenters. The van der Waals surface area contributed by atoms with E-state index in [0.29, 0.717) is 18.1 Å². The van der Waals surface area contributed by atoms with E-state index in [1.54, 1.807) is 25.1 Å². The second-order valence-electron chi connectivity index (χ2n) is 3.59. The Morgan fingerprint density at radius 3 is 2.68 bits per heavy atom. The first-order valence-corrected chi connectivity index (χ1v) is 8.00. The van der Waals surface area contributed by atoms with Gasteiger partial charge in [-0.1, -0.05) is 12.1 Å². The number of hydrogen-bond donors (Lipinski definition) is 1. The third kappa shape index (κ3) is 5.97. The number of phosphoric acid groups is 1. The molecule has 0 bridgehead atoms. The third-order valence-electron chi connectivity index (χ3n) is 2.12. The van der Waals surface area contributed by atoms with Gasteiger partial charge in [0.1, 0.15) is 5.75 Å². The molecule has 0 amide bonds. The van der Waals surface area contributed by atoms with Crippen LogP contribution in [-0.2, 0) is 24.1 Å². The zero-order chi connectivity index (χ0) is 14.1. The highest BCUT2D eigenvalue weighted by atomic mass is 32.1. The molecule has 1 aromatic rings. The van der Waals surface area contributed by atoms with Crippen molar-refractivity contribution < 1.29 is 22.9 Å². The molecule has 0 aliphatic heterocycles. The van der Waals surface area contributed by atoms with Gasteiger partial charge in [0, 0.05) is 12.9 Å². The van der Waals surface area contributed by atoms with Gasteiger partial charge in [-0.15, -0.1) is 0 Å². The highest BCUT2D eigenvalue weighted by Crippen LogP contribution is 2.49. The second kappa shape index (κ2) is 8.61. The van der Waals surface area contributed by atoms with E-state index in [9.17, 15) is 4.57 Å². The summed E-state index contributed by atoms with van der Waals surface area (Å²) in [6.45, 7) is 2.41. The van der Waals surface area contributed by atoms with Crippen LogP contribution in [0.5, 0.6) is 5.75 Å². The van der Waals surface area contributed by atoms with E-state index < -0.39 is 7.82 Å². The summed E-state index contributed by atoms with van der Waals surface area (Å²) in [6.07, 6.45) is 0. The Balaban J connectivity index is 2.73. The lowest BCUT2D eigenvalue weighted by molar-refractivity contribution is 0.108. The fourth-order valence-corrected chi connectivity index (χ4v) is 2.67. The van der Waals surface area contributed by atoms with Crippen LogP contribution in [-0.4, -0.2) is 26.9 Å². The van der Waals surface area contributed by atoms with Gasteiger partial charge in [0.25, 0.3) is 0 Å². The average Bonchev–Trinajstić information content (AvgIpc) is 2.39. The zero-order valence-corrected chi connectivity index (χ0v) is 12.9. The molecule has 1 aromatic carbocycles. The molecule has 5 nitrogen and oxygen atoms in total. The van der Waals surface area contributed by atoms with Crippen molar-refractivity contribution in [2.75, 3.05) is 26.9 Å². The molecule has 0 spiro atoms. The molecule has 1 unspecified atom stereocenters. The first kappa shape index (κ1) is 16.5. The highest BCUT2D eigenvalue weighted by molar-refractivity contribution is 7.79. The maximum Gasteiger partial charge on any atom is 0.530 e. The largest absolute Gasteiger partial charge is 0.530 e. The van der Waals surface area contributed by atoms with Gasteiger partial charge in [-0.05, 0) is 24.6 Å². The lowest BCUT2D eigenvalue weighted by Crippen LogP contribution is -2.07. The lowest BCUT2D eigenvalue weighted by Gasteiger charge is -2.18. The standard InChI is InChI=1S/C12H19O5PS/c1-3-15-18(13,16-8-7-14-2)17-12-6-4-5-11(9-12)10-19/h4-6,9,19H,3,7-8,10H2,1-2H3. The minimum absolute atomic E-state index is 0.139. The molecule has 1 rings (SSSR count). The summed E-state index contributed by atoms with van der Waals surface area (Å²) in [5, 5.41) is 0. The smallest absolute Gasteiger partial charge is 0.404 e. The number of hydrogen-bond acceptors (Lipinski definition) is 6. The molecular weight excluding hydrogens is 287 g/mol. The molecule has 0 aromatic heterocycles. The van der Waals surface area contributed by atoms with E-state index in [1.807, 2.05) is 6.07 Å². The highest BCUT2D eigenvalue weighted by Gasteiger charge is 2.27. The molecule has 0 radical (unpaired) electrons. The Labute approximate surface area is 119 Å². The van der Waals surface area contributed by atoms with Crippen molar-refractivity contribution in [1.29, 1.82) is 0 Å². The Bertz CT molecular complexity index is 426. The van der Waals surface area contributed by atoms with Crippen LogP contribution in [0.3, 0.4) is 0 Å². The first-order chi connectivity index (χ1) is 9.13. The van der Waals surface area contributed by atoms with Crippen LogP contribution in [0, 0.1) is 0 Å². The van der Waals surface area contributed by atoms with E-state index in [0.717, 1.165) is 5.56 Å². The topological polar surface area (TPSA) is 54.0 Å². The number of thiol groups is 1. The van der Waals surface area contributed by atoms with Crippen LogP contribution in [0.2, 0.25) is 0 Å². The van der Waals surface area contributed by atoms with Gasteiger partial charge in [0.15, 0.2) is 0 Å². The second-order valence-corrected chi connectivity index (χ2v) is 5.50. The third-order valence-corrected chi connectivity index (χ3v) is 4.00. The number of benzene rings is 1. The number of phosphoric ester groups is 1. The summed E-state index contributed by atoms with van der Waals surface area (Å²) in [4.78, 5) is 0. The van der Waals surface area contributed by atoms with E-state index in [-0.39, 0.29) is 13.2 Å². The van der Waals surface area contributed by atoms with Crippen LogP contribution >= 0.6 is 20.5 Å². The van der Waals surface area contributed by atoms with E-state index in [1.165, 1.54) is 7.11 Å². The Hall–Kier alpha value is -0.520. The Morgan fingerprint density at radius 2 is 2.05 bits per heavy atom. The monoisotopic (exact) mass is 306 g/mol. The predicted molar refractivity (Wildman–Crippen MR) is 76.8 cm³/mol. The summed E-state index contributed by atoms with van der Waals surface area (Å²) in [5.74, 6) is 1.00. The molecule has 0 fully saturated rings. The zero-order valence-electron chi connectivity index (χ0n) is 11.1. The molecule has 7 heteroatoms. The van der Waals surface area contributed by atoms with Crippen LogP contribution < -0.4 is 4.52 Å². The van der Waals surface area contributed by atoms with Crippen molar-refractivity contribution in [3.63, 3.8) is 0 Å². The Morgan fingerprint density at radius 1 is 1.26 bits per heavy atom. The van der Waals surface area contributed by atoms with Crippen molar-refractivity contribution in [2.24, 2.45) is 0 Å². The van der Waals surface area contributed by atoms with E-state index in [2.05, 4.69) is 12.6 Å². The minimum Gasteiger partial charge on any atom is -0.404 e. The predicted octanol–water partition coefficient (Wildman–Crippen LogP) is 3.30. The molecule has 0 saturated carbocycles. The summed E-state index contributed by atoms with van der Waals surface area (Å²) in [5.41, 5.74) is 0.959. The van der Waals surface area contributed by atoms with Crippen molar-refractivity contribution in [3.8, 4) is 5.75 Å². The van der Waals surface area contributed by atoms with Crippen molar-refractivity contribution in [3.05, 3.63) is 29.8 Å². The van der Waals surface area contributed by atoms with Crippen LogP contribution in [0.15, 0.2) is 24.3 Å². The SMILES string of the molecule is CCOP(=O)(OCCOC)Oc1cccc(CS)c1. The Kier molecular flexibility index (Phi) is 7.49. The first-order valence-electron chi connectivity index (χ1n) is 5.91. The van der Waals surface area contributed by atoms with Crippen molar-refractivity contribution in [1.82, 2.24) is 0 Å². The normalized spacial score (nSPS) is 14.1. The van der Waals surface area contributed by atoms with Crippen molar-refractivity contribution in [2.45, 2.75) is 12.7 Å². The maximum atomic E-state index is 12.3. The maximum absolute atomic E-state index is 12.3. The average molecular weight is 306 g/mol. The van der Waals surface area contributed by atoms with Gasteiger partial charge in [-0.3, -0.25) is 9.05 Å². The summed E-state index contributed by atoms with van der Waals surface area (Å²) >= 11 is 4.18. The van der Waals surface area contributed by atoms with Crippen LogP contribution in [0.4, 0.5) is 0 Å². The summed E-state index contributed by atoms with van der Waals surface area (Å²) in [6, 6.07) is 7.14. The number of rotatable bonds is 9. The van der Waals surface area contributed by atoms with Gasteiger partial charge in [-0.2, -0.15) is 12.6 Å². The lowest BCUT2D eigenvalue weighted by atomic mass is 10.2. The van der Waals surface area contributed by atoms with Gasteiger partial charge < -0.3 is 9.26 Å². The van der Waals surface area contributed by atoms with Gasteiger partial charge in [0.05, 0.1) is 19.8 Å². The molecule has 108 valence electrons. The van der Waals surface area contributed by atoms with E-state index >= 15 is 0 Å². The summed E-state index contributed by atoms with van der Waals surface area (Å²) < 4.78 is 32.7. The molecule has 19 heavy (non-hydrogen) atoms. The van der Waals surface area contributed by atoms with Gasteiger partial charge >= 0.3 is 7.82 Å². The fourth-order valence-electron chi connectivity index (χ4n) is 1.31. The summed E-state index contributed by atoms with van der Waals surface area (Å²) in [7, 11) is -2.07. The molecule has 0 heterocycles. The molecule has 0 N–H and O–H groups in total. The van der Waals surface area contributed by atoms with Crippen molar-refractivity contribution >= 4 is 20.5 Å². The van der Waals surface area contributed by atoms with Gasteiger partial charge in [0.2, 0.25) is 0 Å². The van der Waals surface area contributed by atoms with Gasteiger partial charge in [-0.25, -0.2) is 4.57 Å². The number of ether oxygens (including phenoxy) is 1. The molecular formula is C12H19O5PS. The van der Waals surface area contributed by atoms with Crippen LogP contribution in [0.1, 0.15) is 12.5 Å².